The molecule has 2 aromatic carbocycles. The Labute approximate surface area is 134 Å². The van der Waals surface area contributed by atoms with E-state index in [0.29, 0.717) is 16.7 Å². The van der Waals surface area contributed by atoms with Crippen molar-refractivity contribution in [2.75, 3.05) is 0 Å². The van der Waals surface area contributed by atoms with Gasteiger partial charge in [0, 0.05) is 10.0 Å². The lowest BCUT2D eigenvalue weighted by Crippen LogP contribution is -2.20. The van der Waals surface area contributed by atoms with E-state index in [1.54, 1.807) is 37.3 Å². The molecule has 0 aliphatic heterocycles. The zero-order valence-electron chi connectivity index (χ0n) is 11.6. The Hall–Kier alpha value is -2.34. The molecule has 0 amide bonds. The summed E-state index contributed by atoms with van der Waals surface area (Å²) in [6.45, 7) is 1.68. The molecule has 3 aromatic rings. The maximum atomic E-state index is 13.7. The van der Waals surface area contributed by atoms with Crippen LogP contribution in [0, 0.1) is 12.7 Å². The zero-order valence-corrected chi connectivity index (χ0v) is 13.2. The first-order chi connectivity index (χ1) is 10.6. The van der Waals surface area contributed by atoms with Crippen molar-refractivity contribution in [3.63, 3.8) is 0 Å². The van der Waals surface area contributed by atoms with Crippen molar-refractivity contribution < 1.29 is 4.39 Å². The topological polar surface area (TPSA) is 47.2 Å². The number of hydrogen-bond acceptors (Lipinski definition) is 3. The lowest BCUT2D eigenvalue weighted by atomic mass is 10.2. The van der Waals surface area contributed by atoms with Crippen LogP contribution in [0.25, 0.3) is 10.9 Å². The minimum absolute atomic E-state index is 0.283. The van der Waals surface area contributed by atoms with Crippen LogP contribution < -0.4 is 5.56 Å². The Balaban J connectivity index is 2.13. The van der Waals surface area contributed by atoms with E-state index in [0.717, 1.165) is 4.47 Å². The molecule has 110 valence electrons. The van der Waals surface area contributed by atoms with E-state index in [9.17, 15) is 9.18 Å². The van der Waals surface area contributed by atoms with E-state index < -0.39 is 5.82 Å². The molecule has 6 heteroatoms. The third kappa shape index (κ3) is 2.69. The van der Waals surface area contributed by atoms with Gasteiger partial charge in [-0.25, -0.2) is 9.37 Å². The first-order valence-corrected chi connectivity index (χ1v) is 7.33. The highest BCUT2D eigenvalue weighted by atomic mass is 79.9. The summed E-state index contributed by atoms with van der Waals surface area (Å²) in [7, 11) is 0. The fourth-order valence-corrected chi connectivity index (χ4v) is 2.48. The molecule has 0 fully saturated rings. The Bertz CT molecular complexity index is 950. The van der Waals surface area contributed by atoms with Crippen LogP contribution in [0.5, 0.6) is 0 Å². The molecule has 0 bridgehead atoms. The maximum Gasteiger partial charge on any atom is 0.282 e. The van der Waals surface area contributed by atoms with E-state index in [1.807, 2.05) is 6.07 Å². The van der Waals surface area contributed by atoms with Crippen molar-refractivity contribution in [2.45, 2.75) is 6.92 Å². The molecule has 0 saturated carbocycles. The van der Waals surface area contributed by atoms with Gasteiger partial charge in [0.05, 0.1) is 17.1 Å². The largest absolute Gasteiger partial charge is 0.282 e. The summed E-state index contributed by atoms with van der Waals surface area (Å²) in [5, 5.41) is 4.56. The van der Waals surface area contributed by atoms with Crippen LogP contribution in [0.2, 0.25) is 0 Å². The molecule has 0 radical (unpaired) electrons. The first-order valence-electron chi connectivity index (χ1n) is 6.54. The number of para-hydroxylation sites is 1. The molecule has 1 aromatic heterocycles. The molecule has 1 heterocycles. The van der Waals surface area contributed by atoms with Crippen LogP contribution in [-0.2, 0) is 0 Å². The molecule has 0 aliphatic carbocycles. The van der Waals surface area contributed by atoms with E-state index >= 15 is 0 Å². The molecule has 0 spiro atoms. The van der Waals surface area contributed by atoms with Gasteiger partial charge in [-0.05, 0) is 37.3 Å². The monoisotopic (exact) mass is 359 g/mol. The minimum Gasteiger partial charge on any atom is -0.267 e. The molecular formula is C16H11BrFN3O. The summed E-state index contributed by atoms with van der Waals surface area (Å²) >= 11 is 3.27. The fraction of sp³-hybridized carbons (Fsp3) is 0.0625. The zero-order chi connectivity index (χ0) is 15.7. The third-order valence-electron chi connectivity index (χ3n) is 3.19. The molecular weight excluding hydrogens is 349 g/mol. The fourth-order valence-electron chi connectivity index (χ4n) is 2.10. The molecule has 3 rings (SSSR count). The second kappa shape index (κ2) is 5.81. The maximum absolute atomic E-state index is 13.7. The molecule has 0 unspecified atom stereocenters. The molecule has 22 heavy (non-hydrogen) atoms. The van der Waals surface area contributed by atoms with Gasteiger partial charge >= 0.3 is 0 Å². The van der Waals surface area contributed by atoms with E-state index in [4.69, 9.17) is 0 Å². The predicted octanol–water partition coefficient (Wildman–Crippen LogP) is 3.49. The van der Waals surface area contributed by atoms with Crippen molar-refractivity contribution in [2.24, 2.45) is 5.10 Å². The highest BCUT2D eigenvalue weighted by Gasteiger charge is 2.07. The summed E-state index contributed by atoms with van der Waals surface area (Å²) in [4.78, 5) is 16.8. The van der Waals surface area contributed by atoms with Crippen LogP contribution in [-0.4, -0.2) is 15.9 Å². The predicted molar refractivity (Wildman–Crippen MR) is 87.8 cm³/mol. The van der Waals surface area contributed by atoms with Gasteiger partial charge in [-0.1, -0.05) is 28.1 Å². The highest BCUT2D eigenvalue weighted by Crippen LogP contribution is 2.14. The summed E-state index contributed by atoms with van der Waals surface area (Å²) in [6, 6.07) is 11.6. The number of benzene rings is 2. The van der Waals surface area contributed by atoms with Gasteiger partial charge in [0.2, 0.25) is 0 Å². The molecule has 0 atom stereocenters. The number of fused-ring (bicyclic) bond motifs is 1. The van der Waals surface area contributed by atoms with Crippen molar-refractivity contribution in [3.05, 3.63) is 74.5 Å². The third-order valence-corrected chi connectivity index (χ3v) is 3.68. The van der Waals surface area contributed by atoms with E-state index in [2.05, 4.69) is 26.0 Å². The van der Waals surface area contributed by atoms with Gasteiger partial charge < -0.3 is 0 Å². The number of aryl methyl sites for hydroxylation is 1. The number of rotatable bonds is 2. The van der Waals surface area contributed by atoms with Gasteiger partial charge in [-0.15, -0.1) is 0 Å². The summed E-state index contributed by atoms with van der Waals surface area (Å²) in [5.41, 5.74) is 0.619. The summed E-state index contributed by atoms with van der Waals surface area (Å²) in [5.74, 6) is 0.0294. The molecule has 0 N–H and O–H groups in total. The Morgan fingerprint density at radius 3 is 2.86 bits per heavy atom. The molecule has 0 aliphatic rings. The van der Waals surface area contributed by atoms with Crippen LogP contribution >= 0.6 is 15.9 Å². The second-order valence-corrected chi connectivity index (χ2v) is 5.62. The van der Waals surface area contributed by atoms with Crippen molar-refractivity contribution in [1.82, 2.24) is 9.66 Å². The van der Waals surface area contributed by atoms with Crippen LogP contribution in [0.15, 0.2) is 56.8 Å². The minimum atomic E-state index is -0.411. The number of hydrogen-bond donors (Lipinski definition) is 0. The summed E-state index contributed by atoms with van der Waals surface area (Å²) < 4.78 is 15.6. The lowest BCUT2D eigenvalue weighted by Gasteiger charge is -2.05. The first kappa shape index (κ1) is 14.6. The molecule has 0 saturated heterocycles. The van der Waals surface area contributed by atoms with Crippen LogP contribution in [0.4, 0.5) is 4.39 Å². The Morgan fingerprint density at radius 2 is 2.05 bits per heavy atom. The van der Waals surface area contributed by atoms with E-state index in [-0.39, 0.29) is 11.1 Å². The number of nitrogens with zero attached hydrogens (tertiary/aromatic N) is 3. The number of halogens is 2. The Kier molecular flexibility index (Phi) is 3.85. The van der Waals surface area contributed by atoms with Crippen LogP contribution in [0.1, 0.15) is 11.4 Å². The van der Waals surface area contributed by atoms with Gasteiger partial charge in [-0.2, -0.15) is 9.78 Å². The second-order valence-electron chi connectivity index (χ2n) is 4.70. The van der Waals surface area contributed by atoms with Crippen molar-refractivity contribution in [3.8, 4) is 0 Å². The average Bonchev–Trinajstić information content (AvgIpc) is 2.50. The van der Waals surface area contributed by atoms with Gasteiger partial charge in [0.1, 0.15) is 11.6 Å². The molecule has 4 nitrogen and oxygen atoms in total. The van der Waals surface area contributed by atoms with Gasteiger partial charge in [0.15, 0.2) is 0 Å². The van der Waals surface area contributed by atoms with Crippen molar-refractivity contribution in [1.29, 1.82) is 0 Å². The normalized spacial score (nSPS) is 11.4. The SMILES string of the molecule is Cc1nc2ccccc2c(=O)n1/N=C\c1cc(Br)ccc1F. The Morgan fingerprint density at radius 1 is 1.27 bits per heavy atom. The smallest absolute Gasteiger partial charge is 0.267 e. The quantitative estimate of drug-likeness (QED) is 0.657. The average molecular weight is 360 g/mol. The van der Waals surface area contributed by atoms with Gasteiger partial charge in [-0.3, -0.25) is 4.79 Å². The highest BCUT2D eigenvalue weighted by molar-refractivity contribution is 9.10. The van der Waals surface area contributed by atoms with Crippen molar-refractivity contribution >= 4 is 33.0 Å². The standard InChI is InChI=1S/C16H11BrFN3O/c1-10-20-15-5-3-2-4-13(15)16(22)21(10)19-9-11-8-12(17)6-7-14(11)18/h2-9H,1H3/b19-9-. The lowest BCUT2D eigenvalue weighted by molar-refractivity contribution is 0.625. The summed E-state index contributed by atoms with van der Waals surface area (Å²) in [6.07, 6.45) is 1.31. The number of aromatic nitrogens is 2. The van der Waals surface area contributed by atoms with E-state index in [1.165, 1.54) is 17.0 Å². The van der Waals surface area contributed by atoms with Crippen LogP contribution in [0.3, 0.4) is 0 Å². The van der Waals surface area contributed by atoms with Gasteiger partial charge in [0.25, 0.3) is 5.56 Å².